The van der Waals surface area contributed by atoms with Gasteiger partial charge in [-0.2, -0.15) is 18.2 Å². The Labute approximate surface area is 142 Å². The third-order valence-corrected chi connectivity index (χ3v) is 3.29. The van der Waals surface area contributed by atoms with Crippen LogP contribution < -0.4 is 10.6 Å². The summed E-state index contributed by atoms with van der Waals surface area (Å²) < 4.78 is 39.3. The Hall–Kier alpha value is -2.06. The number of aromatic nitrogens is 2. The lowest BCUT2D eigenvalue weighted by molar-refractivity contribution is -0.136. The lowest BCUT2D eigenvalue weighted by Gasteiger charge is -2.15. The van der Waals surface area contributed by atoms with Crippen LogP contribution in [0.2, 0.25) is 5.02 Å². The third-order valence-electron chi connectivity index (χ3n) is 3.05. The summed E-state index contributed by atoms with van der Waals surface area (Å²) in [6.45, 7) is 1.44. The fraction of sp³-hybridized carbons (Fsp3) is 0.333. The second-order valence-electron chi connectivity index (χ2n) is 5.31. The van der Waals surface area contributed by atoms with Gasteiger partial charge in [-0.1, -0.05) is 11.6 Å². The van der Waals surface area contributed by atoms with Gasteiger partial charge in [-0.15, -0.1) is 0 Å². The van der Waals surface area contributed by atoms with Crippen LogP contribution in [-0.2, 0) is 6.18 Å². The van der Waals surface area contributed by atoms with Gasteiger partial charge in [0.25, 0.3) is 0 Å². The normalized spacial score (nSPS) is 11.6. The number of anilines is 3. The van der Waals surface area contributed by atoms with Crippen molar-refractivity contribution in [2.24, 2.45) is 0 Å². The zero-order chi connectivity index (χ0) is 17.7. The fourth-order valence-corrected chi connectivity index (χ4v) is 2.08. The molecule has 24 heavy (non-hydrogen) atoms. The van der Waals surface area contributed by atoms with Gasteiger partial charge in [0.15, 0.2) is 0 Å². The van der Waals surface area contributed by atoms with E-state index in [4.69, 9.17) is 11.6 Å². The van der Waals surface area contributed by atoms with Crippen molar-refractivity contribution in [1.29, 1.82) is 0 Å². The number of rotatable bonds is 6. The maximum atomic E-state index is 13.1. The van der Waals surface area contributed by atoms with E-state index >= 15 is 0 Å². The van der Waals surface area contributed by atoms with E-state index in [2.05, 4.69) is 20.6 Å². The molecule has 0 radical (unpaired) electrons. The molecular formula is C15H17ClF3N5. The number of likely N-dealkylation sites (N-methyl/N-ethyl adjacent to an activating group) is 1. The highest BCUT2D eigenvalue weighted by atomic mass is 35.5. The molecule has 0 spiro atoms. The summed E-state index contributed by atoms with van der Waals surface area (Å²) in [6.07, 6.45) is -3.06. The van der Waals surface area contributed by atoms with Crippen LogP contribution in [0.15, 0.2) is 30.5 Å². The summed E-state index contributed by atoms with van der Waals surface area (Å²) >= 11 is 5.66. The van der Waals surface area contributed by atoms with Gasteiger partial charge in [-0.3, -0.25) is 0 Å². The van der Waals surface area contributed by atoms with Gasteiger partial charge >= 0.3 is 6.18 Å². The van der Waals surface area contributed by atoms with Gasteiger partial charge in [0.2, 0.25) is 5.95 Å². The van der Waals surface area contributed by atoms with E-state index in [1.807, 2.05) is 19.0 Å². The Balaban J connectivity index is 2.17. The number of nitrogens with one attached hydrogen (secondary N) is 2. The molecule has 1 heterocycles. The second-order valence-corrected chi connectivity index (χ2v) is 5.74. The van der Waals surface area contributed by atoms with Gasteiger partial charge in [-0.05, 0) is 38.4 Å². The molecule has 130 valence electrons. The van der Waals surface area contributed by atoms with E-state index < -0.39 is 11.7 Å². The van der Waals surface area contributed by atoms with E-state index in [1.54, 1.807) is 6.07 Å². The highest BCUT2D eigenvalue weighted by molar-refractivity contribution is 6.30. The standard InChI is InChI=1S/C15H17ClF3N5/c1-24(2)8-7-20-13-5-6-21-14(23-13)22-12-4-3-10(16)9-11(12)15(17,18)19/h3-6,9H,7-8H2,1-2H3,(H2,20,21,22,23). The number of nitrogens with zero attached hydrogens (tertiary/aromatic N) is 3. The third kappa shape index (κ3) is 5.24. The van der Waals surface area contributed by atoms with E-state index in [-0.39, 0.29) is 16.7 Å². The molecule has 0 amide bonds. The molecule has 0 aliphatic rings. The van der Waals surface area contributed by atoms with E-state index in [0.29, 0.717) is 12.4 Å². The Kier molecular flexibility index (Phi) is 5.84. The van der Waals surface area contributed by atoms with Crippen LogP contribution in [-0.4, -0.2) is 42.1 Å². The summed E-state index contributed by atoms with van der Waals surface area (Å²) in [5.74, 6) is 0.592. The van der Waals surface area contributed by atoms with E-state index in [1.165, 1.54) is 18.3 Å². The van der Waals surface area contributed by atoms with Gasteiger partial charge in [0.1, 0.15) is 5.82 Å². The van der Waals surface area contributed by atoms with Crippen LogP contribution in [0.1, 0.15) is 5.56 Å². The Morgan fingerprint density at radius 2 is 1.96 bits per heavy atom. The Morgan fingerprint density at radius 3 is 2.62 bits per heavy atom. The van der Waals surface area contributed by atoms with Crippen molar-refractivity contribution in [1.82, 2.24) is 14.9 Å². The fourth-order valence-electron chi connectivity index (χ4n) is 1.91. The highest BCUT2D eigenvalue weighted by Gasteiger charge is 2.34. The quantitative estimate of drug-likeness (QED) is 0.820. The molecule has 2 aromatic rings. The molecule has 0 aliphatic carbocycles. The number of halogens is 4. The summed E-state index contributed by atoms with van der Waals surface area (Å²) in [5.41, 5.74) is -1.03. The molecule has 0 bridgehead atoms. The lowest BCUT2D eigenvalue weighted by atomic mass is 10.1. The summed E-state index contributed by atoms with van der Waals surface area (Å²) in [7, 11) is 3.88. The second kappa shape index (κ2) is 7.67. The van der Waals surface area contributed by atoms with E-state index in [9.17, 15) is 13.2 Å². The van der Waals surface area contributed by atoms with Crippen molar-refractivity contribution in [2.75, 3.05) is 37.8 Å². The van der Waals surface area contributed by atoms with E-state index in [0.717, 1.165) is 12.6 Å². The number of alkyl halides is 3. The first kappa shape index (κ1) is 18.3. The molecule has 2 N–H and O–H groups in total. The first-order chi connectivity index (χ1) is 11.3. The number of benzene rings is 1. The zero-order valence-electron chi connectivity index (χ0n) is 13.2. The lowest BCUT2D eigenvalue weighted by Crippen LogP contribution is -2.21. The average molecular weight is 360 g/mol. The van der Waals surface area contributed by atoms with Crippen molar-refractivity contribution in [3.63, 3.8) is 0 Å². The molecule has 0 fully saturated rings. The predicted molar refractivity (Wildman–Crippen MR) is 88.8 cm³/mol. The average Bonchev–Trinajstić information content (AvgIpc) is 2.48. The van der Waals surface area contributed by atoms with Crippen LogP contribution in [0, 0.1) is 0 Å². The summed E-state index contributed by atoms with van der Waals surface area (Å²) in [5, 5.41) is 5.68. The molecule has 0 saturated heterocycles. The molecule has 1 aromatic heterocycles. The smallest absolute Gasteiger partial charge is 0.369 e. The first-order valence-corrected chi connectivity index (χ1v) is 7.49. The molecule has 9 heteroatoms. The monoisotopic (exact) mass is 359 g/mol. The highest BCUT2D eigenvalue weighted by Crippen LogP contribution is 2.37. The number of hydrogen-bond acceptors (Lipinski definition) is 5. The SMILES string of the molecule is CN(C)CCNc1ccnc(Nc2ccc(Cl)cc2C(F)(F)F)n1. The summed E-state index contributed by atoms with van der Waals surface area (Å²) in [6, 6.07) is 5.13. The number of hydrogen-bond donors (Lipinski definition) is 2. The molecule has 0 aliphatic heterocycles. The van der Waals surface area contributed by atoms with Gasteiger partial charge in [0.05, 0.1) is 11.3 Å². The van der Waals surface area contributed by atoms with Crippen LogP contribution >= 0.6 is 11.6 Å². The molecule has 2 rings (SSSR count). The van der Waals surface area contributed by atoms with Crippen LogP contribution in [0.3, 0.4) is 0 Å². The molecule has 1 aromatic carbocycles. The van der Waals surface area contributed by atoms with Crippen molar-refractivity contribution in [3.8, 4) is 0 Å². The maximum Gasteiger partial charge on any atom is 0.418 e. The minimum Gasteiger partial charge on any atom is -0.369 e. The van der Waals surface area contributed by atoms with Gasteiger partial charge in [0, 0.05) is 24.3 Å². The molecule has 0 atom stereocenters. The van der Waals surface area contributed by atoms with Crippen LogP contribution in [0.4, 0.5) is 30.6 Å². The molecule has 0 saturated carbocycles. The molecule has 5 nitrogen and oxygen atoms in total. The van der Waals surface area contributed by atoms with Crippen molar-refractivity contribution in [2.45, 2.75) is 6.18 Å². The maximum absolute atomic E-state index is 13.1. The Bertz CT molecular complexity index is 691. The van der Waals surface area contributed by atoms with Crippen molar-refractivity contribution in [3.05, 3.63) is 41.0 Å². The van der Waals surface area contributed by atoms with Gasteiger partial charge in [-0.25, -0.2) is 4.98 Å². The predicted octanol–water partition coefficient (Wildman–Crippen LogP) is 3.87. The van der Waals surface area contributed by atoms with Crippen LogP contribution in [0.5, 0.6) is 0 Å². The minimum absolute atomic E-state index is 0.00731. The first-order valence-electron chi connectivity index (χ1n) is 7.11. The molecule has 0 unspecified atom stereocenters. The zero-order valence-corrected chi connectivity index (χ0v) is 13.9. The van der Waals surface area contributed by atoms with Crippen LogP contribution in [0.25, 0.3) is 0 Å². The van der Waals surface area contributed by atoms with Crippen molar-refractivity contribution < 1.29 is 13.2 Å². The molecular weight excluding hydrogens is 343 g/mol. The van der Waals surface area contributed by atoms with Crippen molar-refractivity contribution >= 4 is 29.1 Å². The largest absolute Gasteiger partial charge is 0.418 e. The minimum atomic E-state index is -4.53. The Morgan fingerprint density at radius 1 is 1.21 bits per heavy atom. The van der Waals surface area contributed by atoms with Gasteiger partial charge < -0.3 is 15.5 Å². The summed E-state index contributed by atoms with van der Waals surface area (Å²) in [4.78, 5) is 10.1. The topological polar surface area (TPSA) is 53.1 Å².